The van der Waals surface area contributed by atoms with Crippen LogP contribution in [0.25, 0.3) is 0 Å². The number of alkyl halides is 3. The minimum Gasteiger partial charge on any atom is -0.368 e. The second-order valence-corrected chi connectivity index (χ2v) is 7.77. The lowest BCUT2D eigenvalue weighted by Gasteiger charge is -2.26. The van der Waals surface area contributed by atoms with Crippen LogP contribution in [0.5, 0.6) is 0 Å². The van der Waals surface area contributed by atoms with Crippen molar-refractivity contribution in [1.29, 1.82) is 0 Å². The van der Waals surface area contributed by atoms with Crippen molar-refractivity contribution in [3.8, 4) is 0 Å². The Morgan fingerprint density at radius 2 is 2.07 bits per heavy atom. The van der Waals surface area contributed by atoms with Gasteiger partial charge in [-0.25, -0.2) is 4.98 Å². The molecule has 1 unspecified atom stereocenters. The first-order valence-electron chi connectivity index (χ1n) is 9.78. The normalized spacial score (nSPS) is 17.1. The zero-order valence-electron chi connectivity index (χ0n) is 17.1. The van der Waals surface area contributed by atoms with Crippen molar-refractivity contribution in [2.75, 3.05) is 45.6 Å². The number of likely N-dealkylation sites (tertiary alicyclic amines) is 1. The van der Waals surface area contributed by atoms with Crippen molar-refractivity contribution in [2.24, 2.45) is 0 Å². The molecule has 1 aromatic heterocycles. The molecule has 0 spiro atoms. The number of hydrogen-bond donors (Lipinski definition) is 2. The maximum absolute atomic E-state index is 12.6. The molecule has 11 heteroatoms. The molecule has 2 N–H and O–H groups in total. The van der Waals surface area contributed by atoms with Gasteiger partial charge in [-0.3, -0.25) is 14.5 Å². The molecule has 168 valence electrons. The van der Waals surface area contributed by atoms with Gasteiger partial charge >= 0.3 is 6.18 Å². The van der Waals surface area contributed by atoms with Gasteiger partial charge in [0.2, 0.25) is 11.8 Å². The standard InChI is InChI=1S/C19H27ClF3N5O2/c1-27(2)18(30)15-5-3-9-28(15)10-4-7-24-16(29)6-8-25-17-14(20)11-13(12-26-17)19(21,22)23/h11-12,15H,3-10H2,1-2H3,(H,24,29)(H,25,26). The van der Waals surface area contributed by atoms with Crippen molar-refractivity contribution >= 4 is 29.2 Å². The fraction of sp³-hybridized carbons (Fsp3) is 0.632. The van der Waals surface area contributed by atoms with E-state index in [1.165, 1.54) is 0 Å². The number of anilines is 1. The lowest BCUT2D eigenvalue weighted by molar-refractivity contribution is -0.138. The number of halogens is 4. The van der Waals surface area contributed by atoms with E-state index in [9.17, 15) is 22.8 Å². The number of carbonyl (C=O) groups excluding carboxylic acids is 2. The van der Waals surface area contributed by atoms with E-state index in [0.29, 0.717) is 12.7 Å². The number of amides is 2. The van der Waals surface area contributed by atoms with Crippen molar-refractivity contribution in [1.82, 2.24) is 20.1 Å². The molecule has 2 heterocycles. The van der Waals surface area contributed by atoms with E-state index in [0.717, 1.165) is 38.4 Å². The van der Waals surface area contributed by atoms with Gasteiger partial charge in [0.1, 0.15) is 5.82 Å². The lowest BCUT2D eigenvalue weighted by Crippen LogP contribution is -2.43. The second-order valence-electron chi connectivity index (χ2n) is 7.36. The zero-order valence-corrected chi connectivity index (χ0v) is 17.8. The van der Waals surface area contributed by atoms with Crippen molar-refractivity contribution in [2.45, 2.75) is 37.9 Å². The zero-order chi connectivity index (χ0) is 22.3. The van der Waals surface area contributed by atoms with Crippen LogP contribution in [0.15, 0.2) is 12.3 Å². The minimum absolute atomic E-state index is 0.0825. The molecule has 0 saturated carbocycles. The summed E-state index contributed by atoms with van der Waals surface area (Å²) in [5, 5.41) is 5.41. The van der Waals surface area contributed by atoms with Crippen LogP contribution in [0.4, 0.5) is 19.0 Å². The molecule has 1 saturated heterocycles. The van der Waals surface area contributed by atoms with Gasteiger partial charge < -0.3 is 15.5 Å². The Kier molecular flexibility index (Phi) is 8.72. The molecule has 7 nitrogen and oxygen atoms in total. The third kappa shape index (κ3) is 7.02. The first kappa shape index (κ1) is 24.2. The van der Waals surface area contributed by atoms with Crippen LogP contribution in [-0.2, 0) is 15.8 Å². The van der Waals surface area contributed by atoms with Gasteiger partial charge in [0.15, 0.2) is 0 Å². The van der Waals surface area contributed by atoms with Gasteiger partial charge in [-0.05, 0) is 31.9 Å². The molecule has 2 amide bonds. The Morgan fingerprint density at radius 3 is 2.70 bits per heavy atom. The van der Waals surface area contributed by atoms with E-state index in [1.807, 2.05) is 0 Å². The number of nitrogens with one attached hydrogen (secondary N) is 2. The number of carbonyl (C=O) groups is 2. The monoisotopic (exact) mass is 449 g/mol. The summed E-state index contributed by atoms with van der Waals surface area (Å²) in [7, 11) is 3.50. The number of aromatic nitrogens is 1. The molecule has 0 aromatic carbocycles. The predicted molar refractivity (Wildman–Crippen MR) is 108 cm³/mol. The van der Waals surface area contributed by atoms with E-state index >= 15 is 0 Å². The Labute approximate surface area is 178 Å². The number of pyridine rings is 1. The lowest BCUT2D eigenvalue weighted by atomic mass is 10.2. The molecule has 1 fully saturated rings. The van der Waals surface area contributed by atoms with Crippen LogP contribution in [0.1, 0.15) is 31.2 Å². The first-order chi connectivity index (χ1) is 14.1. The summed E-state index contributed by atoms with van der Waals surface area (Å²) in [5.41, 5.74) is -0.927. The number of rotatable bonds is 9. The van der Waals surface area contributed by atoms with E-state index < -0.39 is 11.7 Å². The highest BCUT2D eigenvalue weighted by Crippen LogP contribution is 2.32. The molecular formula is C19H27ClF3N5O2. The van der Waals surface area contributed by atoms with Crippen LogP contribution in [0.2, 0.25) is 5.02 Å². The average molecular weight is 450 g/mol. The van der Waals surface area contributed by atoms with Crippen LogP contribution in [0, 0.1) is 0 Å². The maximum atomic E-state index is 12.6. The van der Waals surface area contributed by atoms with Crippen molar-refractivity contribution in [3.05, 3.63) is 22.8 Å². The molecule has 1 atom stereocenters. The third-order valence-electron chi connectivity index (χ3n) is 4.85. The SMILES string of the molecule is CN(C)C(=O)C1CCCN1CCCNC(=O)CCNc1ncc(C(F)(F)F)cc1Cl. The highest BCUT2D eigenvalue weighted by atomic mass is 35.5. The quantitative estimate of drug-likeness (QED) is 0.567. The van der Waals surface area contributed by atoms with E-state index in [-0.39, 0.29) is 41.7 Å². The average Bonchev–Trinajstić information content (AvgIpc) is 3.13. The van der Waals surface area contributed by atoms with Gasteiger partial charge in [0, 0.05) is 46.3 Å². The summed E-state index contributed by atoms with van der Waals surface area (Å²) in [5.74, 6) is 0.0223. The number of hydrogen-bond acceptors (Lipinski definition) is 5. The van der Waals surface area contributed by atoms with E-state index in [2.05, 4.69) is 20.5 Å². The molecule has 1 aromatic rings. The molecule has 30 heavy (non-hydrogen) atoms. The molecule has 0 aliphatic carbocycles. The highest BCUT2D eigenvalue weighted by molar-refractivity contribution is 6.32. The number of nitrogens with zero attached hydrogens (tertiary/aromatic N) is 3. The maximum Gasteiger partial charge on any atom is 0.417 e. The molecular weight excluding hydrogens is 423 g/mol. The van der Waals surface area contributed by atoms with Crippen LogP contribution >= 0.6 is 11.6 Å². The first-order valence-corrected chi connectivity index (χ1v) is 10.2. The topological polar surface area (TPSA) is 77.6 Å². The summed E-state index contributed by atoms with van der Waals surface area (Å²) in [4.78, 5) is 31.5. The Balaban J connectivity index is 1.66. The van der Waals surface area contributed by atoms with Crippen LogP contribution in [-0.4, -0.2) is 72.9 Å². The van der Waals surface area contributed by atoms with Gasteiger partial charge in [-0.2, -0.15) is 13.2 Å². The number of likely N-dealkylation sites (N-methyl/N-ethyl adjacent to an activating group) is 1. The predicted octanol–water partition coefficient (Wildman–Crippen LogP) is 2.61. The molecule has 2 rings (SSSR count). The summed E-state index contributed by atoms with van der Waals surface area (Å²) >= 11 is 5.81. The van der Waals surface area contributed by atoms with Crippen LogP contribution in [0.3, 0.4) is 0 Å². The smallest absolute Gasteiger partial charge is 0.368 e. The fourth-order valence-corrected chi connectivity index (χ4v) is 3.52. The van der Waals surface area contributed by atoms with Gasteiger partial charge in [0.05, 0.1) is 16.6 Å². The Bertz CT molecular complexity index is 745. The van der Waals surface area contributed by atoms with Crippen molar-refractivity contribution in [3.63, 3.8) is 0 Å². The molecule has 0 bridgehead atoms. The van der Waals surface area contributed by atoms with Gasteiger partial charge in [0.25, 0.3) is 0 Å². The minimum atomic E-state index is -4.51. The molecule has 1 aliphatic rings. The summed E-state index contributed by atoms with van der Waals surface area (Å²) in [6.07, 6.45) is -1.11. The summed E-state index contributed by atoms with van der Waals surface area (Å²) in [6, 6.07) is 0.713. The third-order valence-corrected chi connectivity index (χ3v) is 5.13. The van der Waals surface area contributed by atoms with E-state index in [4.69, 9.17) is 11.6 Å². The summed E-state index contributed by atoms with van der Waals surface area (Å²) in [6.45, 7) is 2.28. The van der Waals surface area contributed by atoms with Gasteiger partial charge in [-0.15, -0.1) is 0 Å². The molecule has 1 aliphatic heterocycles. The van der Waals surface area contributed by atoms with Crippen molar-refractivity contribution < 1.29 is 22.8 Å². The Morgan fingerprint density at radius 1 is 1.33 bits per heavy atom. The molecule has 0 radical (unpaired) electrons. The Hall–Kier alpha value is -2.07. The largest absolute Gasteiger partial charge is 0.417 e. The highest BCUT2D eigenvalue weighted by Gasteiger charge is 2.32. The van der Waals surface area contributed by atoms with Crippen LogP contribution < -0.4 is 10.6 Å². The summed E-state index contributed by atoms with van der Waals surface area (Å²) < 4.78 is 37.8. The van der Waals surface area contributed by atoms with E-state index in [1.54, 1.807) is 19.0 Å². The fourth-order valence-electron chi connectivity index (χ4n) is 3.29. The van der Waals surface area contributed by atoms with Gasteiger partial charge in [-0.1, -0.05) is 11.6 Å². The second kappa shape index (κ2) is 10.8.